The van der Waals surface area contributed by atoms with Crippen molar-refractivity contribution in [1.29, 1.82) is 0 Å². The maximum Gasteiger partial charge on any atom is 0.0116 e. The molecule has 0 fully saturated rings. The lowest BCUT2D eigenvalue weighted by Crippen LogP contribution is -2.04. The molecule has 0 bridgehead atoms. The average Bonchev–Trinajstić information content (AvgIpc) is 2.31. The van der Waals surface area contributed by atoms with Gasteiger partial charge in [-0.3, -0.25) is 0 Å². The summed E-state index contributed by atoms with van der Waals surface area (Å²) in [5.74, 6) is 0.812. The number of allylic oxidation sites excluding steroid dienone is 4. The Kier molecular flexibility index (Phi) is 1.63. The first kappa shape index (κ1) is 7.15. The molecule has 59 valence electrons. The standard InChI is InChI=1S/C11H15/c1-8-6-10-5-3-4-9(2)11(10)7-8/h6-7,9H,3-5H2,1-2H3. The van der Waals surface area contributed by atoms with E-state index in [-0.39, 0.29) is 0 Å². The molecule has 0 aromatic heterocycles. The fraction of sp³-hybridized carbons (Fsp3) is 0.545. The van der Waals surface area contributed by atoms with Crippen LogP contribution in [-0.2, 0) is 0 Å². The molecule has 0 spiro atoms. The zero-order chi connectivity index (χ0) is 7.84. The maximum atomic E-state index is 2.36. The highest BCUT2D eigenvalue weighted by Crippen LogP contribution is 2.38. The first-order valence-corrected chi connectivity index (χ1v) is 4.53. The quantitative estimate of drug-likeness (QED) is 0.493. The molecule has 1 radical (unpaired) electrons. The largest absolute Gasteiger partial charge is 0.0649 e. The Bertz CT molecular complexity index is 230. The van der Waals surface area contributed by atoms with Crippen LogP contribution in [0.2, 0.25) is 0 Å². The van der Waals surface area contributed by atoms with Gasteiger partial charge in [-0.25, -0.2) is 0 Å². The van der Waals surface area contributed by atoms with Crippen LogP contribution in [0.4, 0.5) is 0 Å². The highest BCUT2D eigenvalue weighted by molar-refractivity contribution is 5.48. The zero-order valence-corrected chi connectivity index (χ0v) is 7.35. The van der Waals surface area contributed by atoms with Crippen molar-refractivity contribution in [1.82, 2.24) is 0 Å². The SMILES string of the molecule is CC1=CC2=C([CH]1)CCCC2C. The van der Waals surface area contributed by atoms with Gasteiger partial charge in [0, 0.05) is 6.42 Å². The third kappa shape index (κ3) is 1.15. The number of hydrogen-bond donors (Lipinski definition) is 0. The molecule has 2 aliphatic carbocycles. The molecule has 0 saturated carbocycles. The van der Waals surface area contributed by atoms with Crippen molar-refractivity contribution in [3.63, 3.8) is 0 Å². The molecule has 11 heavy (non-hydrogen) atoms. The van der Waals surface area contributed by atoms with E-state index in [1.807, 2.05) is 0 Å². The Balaban J connectivity index is 2.28. The van der Waals surface area contributed by atoms with Crippen molar-refractivity contribution < 1.29 is 0 Å². The first-order chi connectivity index (χ1) is 5.27. The van der Waals surface area contributed by atoms with Gasteiger partial charge in [0.2, 0.25) is 0 Å². The molecule has 2 aliphatic rings. The van der Waals surface area contributed by atoms with Gasteiger partial charge >= 0.3 is 0 Å². The molecule has 0 aromatic carbocycles. The van der Waals surface area contributed by atoms with Gasteiger partial charge < -0.3 is 0 Å². The highest BCUT2D eigenvalue weighted by Gasteiger charge is 2.21. The van der Waals surface area contributed by atoms with Crippen molar-refractivity contribution in [2.45, 2.75) is 33.1 Å². The van der Waals surface area contributed by atoms with Crippen LogP contribution in [0.3, 0.4) is 0 Å². The van der Waals surface area contributed by atoms with Gasteiger partial charge in [-0.15, -0.1) is 0 Å². The van der Waals surface area contributed by atoms with Crippen LogP contribution in [0.15, 0.2) is 22.8 Å². The summed E-state index contributed by atoms with van der Waals surface area (Å²) < 4.78 is 0. The summed E-state index contributed by atoms with van der Waals surface area (Å²) in [6, 6.07) is 0. The summed E-state index contributed by atoms with van der Waals surface area (Å²) in [4.78, 5) is 0. The fourth-order valence-electron chi connectivity index (χ4n) is 2.17. The Hall–Kier alpha value is -0.520. The molecule has 2 rings (SSSR count). The van der Waals surface area contributed by atoms with Gasteiger partial charge in [-0.2, -0.15) is 0 Å². The summed E-state index contributed by atoms with van der Waals surface area (Å²) in [5.41, 5.74) is 4.68. The van der Waals surface area contributed by atoms with Crippen molar-refractivity contribution >= 4 is 0 Å². The molecular weight excluding hydrogens is 132 g/mol. The molecule has 0 heteroatoms. The van der Waals surface area contributed by atoms with Crippen LogP contribution in [0, 0.1) is 12.3 Å². The summed E-state index contributed by atoms with van der Waals surface area (Å²) in [6.45, 7) is 4.54. The lowest BCUT2D eigenvalue weighted by Gasteiger charge is -2.20. The van der Waals surface area contributed by atoms with Crippen LogP contribution >= 0.6 is 0 Å². The van der Waals surface area contributed by atoms with Gasteiger partial charge in [-0.05, 0) is 37.7 Å². The molecule has 1 atom stereocenters. The molecule has 0 amide bonds. The van der Waals surface area contributed by atoms with E-state index in [0.717, 1.165) is 5.92 Å². The Morgan fingerprint density at radius 3 is 3.00 bits per heavy atom. The molecule has 1 unspecified atom stereocenters. The average molecular weight is 147 g/mol. The molecular formula is C11H15. The van der Waals surface area contributed by atoms with Crippen molar-refractivity contribution in [2.24, 2.45) is 5.92 Å². The minimum atomic E-state index is 0.812. The van der Waals surface area contributed by atoms with E-state index in [2.05, 4.69) is 26.3 Å². The topological polar surface area (TPSA) is 0 Å². The lowest BCUT2D eigenvalue weighted by molar-refractivity contribution is 0.553. The number of rotatable bonds is 0. The smallest absolute Gasteiger partial charge is 0.0116 e. The van der Waals surface area contributed by atoms with E-state index in [0.29, 0.717) is 0 Å². The Morgan fingerprint density at radius 2 is 2.27 bits per heavy atom. The summed E-state index contributed by atoms with van der Waals surface area (Å²) in [5, 5.41) is 0. The van der Waals surface area contributed by atoms with Gasteiger partial charge in [0.1, 0.15) is 0 Å². The van der Waals surface area contributed by atoms with Gasteiger partial charge in [0.25, 0.3) is 0 Å². The minimum Gasteiger partial charge on any atom is -0.0649 e. The van der Waals surface area contributed by atoms with E-state index in [9.17, 15) is 0 Å². The Morgan fingerprint density at radius 1 is 1.45 bits per heavy atom. The summed E-state index contributed by atoms with van der Waals surface area (Å²) >= 11 is 0. The van der Waals surface area contributed by atoms with Crippen LogP contribution in [0.25, 0.3) is 0 Å². The molecule has 0 aliphatic heterocycles. The molecule has 0 heterocycles. The second kappa shape index (κ2) is 2.51. The predicted molar refractivity (Wildman–Crippen MR) is 48.1 cm³/mol. The van der Waals surface area contributed by atoms with Crippen LogP contribution in [0.1, 0.15) is 33.1 Å². The van der Waals surface area contributed by atoms with E-state index in [1.165, 1.54) is 24.8 Å². The highest BCUT2D eigenvalue weighted by atomic mass is 14.3. The normalized spacial score (nSPS) is 30.4. The lowest BCUT2D eigenvalue weighted by atomic mass is 9.85. The van der Waals surface area contributed by atoms with Crippen LogP contribution in [-0.4, -0.2) is 0 Å². The fourth-order valence-corrected chi connectivity index (χ4v) is 2.17. The third-order valence-corrected chi connectivity index (χ3v) is 2.77. The van der Waals surface area contributed by atoms with E-state index < -0.39 is 0 Å². The van der Waals surface area contributed by atoms with Crippen molar-refractivity contribution in [3.8, 4) is 0 Å². The Labute approximate surface area is 69.0 Å². The van der Waals surface area contributed by atoms with E-state index in [4.69, 9.17) is 0 Å². The van der Waals surface area contributed by atoms with Crippen molar-refractivity contribution in [2.75, 3.05) is 0 Å². The number of hydrogen-bond acceptors (Lipinski definition) is 0. The van der Waals surface area contributed by atoms with E-state index in [1.54, 1.807) is 11.1 Å². The minimum absolute atomic E-state index is 0.812. The van der Waals surface area contributed by atoms with Gasteiger partial charge in [0.15, 0.2) is 0 Å². The predicted octanol–water partition coefficient (Wildman–Crippen LogP) is 3.27. The van der Waals surface area contributed by atoms with Crippen molar-refractivity contribution in [3.05, 3.63) is 29.2 Å². The molecule has 0 N–H and O–H groups in total. The van der Waals surface area contributed by atoms with Crippen LogP contribution < -0.4 is 0 Å². The third-order valence-electron chi connectivity index (χ3n) is 2.77. The van der Waals surface area contributed by atoms with Gasteiger partial charge in [0.05, 0.1) is 0 Å². The zero-order valence-electron chi connectivity index (χ0n) is 7.35. The summed E-state index contributed by atoms with van der Waals surface area (Å²) in [6.07, 6.45) is 8.80. The van der Waals surface area contributed by atoms with Crippen LogP contribution in [0.5, 0.6) is 0 Å². The molecule has 0 saturated heterocycles. The molecule has 0 aromatic rings. The van der Waals surface area contributed by atoms with Gasteiger partial charge in [-0.1, -0.05) is 24.1 Å². The first-order valence-electron chi connectivity index (χ1n) is 4.53. The van der Waals surface area contributed by atoms with E-state index >= 15 is 0 Å². The second-order valence-corrected chi connectivity index (χ2v) is 3.81. The molecule has 0 nitrogen and oxygen atoms in total. The monoisotopic (exact) mass is 147 g/mol. The maximum absolute atomic E-state index is 2.36. The summed E-state index contributed by atoms with van der Waals surface area (Å²) in [7, 11) is 0. The second-order valence-electron chi connectivity index (χ2n) is 3.81.